The fourth-order valence-corrected chi connectivity index (χ4v) is 5.53. The number of hydrogen-bond acceptors (Lipinski definition) is 3. The summed E-state index contributed by atoms with van der Waals surface area (Å²) in [6, 6.07) is 11.7. The zero-order valence-electron chi connectivity index (χ0n) is 18.4. The van der Waals surface area contributed by atoms with E-state index in [1.807, 2.05) is 6.92 Å². The van der Waals surface area contributed by atoms with Crippen LogP contribution in [-0.4, -0.2) is 31.7 Å². The van der Waals surface area contributed by atoms with E-state index in [1.54, 1.807) is 0 Å². The number of benzene rings is 2. The van der Waals surface area contributed by atoms with Crippen molar-refractivity contribution in [1.29, 1.82) is 0 Å². The van der Waals surface area contributed by atoms with E-state index in [4.69, 9.17) is 0 Å². The Hall–Kier alpha value is -2.25. The van der Waals surface area contributed by atoms with Crippen molar-refractivity contribution in [2.24, 2.45) is 5.92 Å². The van der Waals surface area contributed by atoms with Crippen LogP contribution in [0.15, 0.2) is 42.5 Å². The van der Waals surface area contributed by atoms with E-state index in [1.165, 1.54) is 39.7 Å². The normalized spacial score (nSPS) is 16.8. The molecule has 1 aliphatic rings. The number of piperidine rings is 1. The quantitative estimate of drug-likeness (QED) is 0.691. The van der Waals surface area contributed by atoms with Gasteiger partial charge in [-0.25, -0.2) is 17.1 Å². The highest BCUT2D eigenvalue weighted by atomic mass is 32.2. The van der Waals surface area contributed by atoms with Crippen molar-refractivity contribution < 1.29 is 17.6 Å². The van der Waals surface area contributed by atoms with E-state index >= 15 is 0 Å². The maximum atomic E-state index is 13.1. The molecule has 0 radical (unpaired) electrons. The number of carbonyl (C=O) groups excluding carboxylic acids is 1. The lowest BCUT2D eigenvalue weighted by Gasteiger charge is -2.31. The van der Waals surface area contributed by atoms with Gasteiger partial charge in [0.2, 0.25) is 15.9 Å². The van der Waals surface area contributed by atoms with E-state index in [0.29, 0.717) is 31.5 Å². The third-order valence-electron chi connectivity index (χ3n) is 6.14. The highest BCUT2D eigenvalue weighted by Crippen LogP contribution is 2.25. The monoisotopic (exact) mass is 446 g/mol. The third kappa shape index (κ3) is 5.92. The largest absolute Gasteiger partial charge is 0.349 e. The van der Waals surface area contributed by atoms with Gasteiger partial charge in [-0.1, -0.05) is 37.3 Å². The van der Waals surface area contributed by atoms with Gasteiger partial charge in [0.15, 0.2) is 0 Å². The molecule has 1 fully saturated rings. The van der Waals surface area contributed by atoms with E-state index in [-0.39, 0.29) is 29.4 Å². The predicted molar refractivity (Wildman–Crippen MR) is 120 cm³/mol. The molecule has 31 heavy (non-hydrogen) atoms. The smallest absolute Gasteiger partial charge is 0.223 e. The summed E-state index contributed by atoms with van der Waals surface area (Å²) in [7, 11) is -3.50. The van der Waals surface area contributed by atoms with Crippen LogP contribution in [0.1, 0.15) is 54.5 Å². The highest BCUT2D eigenvalue weighted by molar-refractivity contribution is 7.88. The Bertz CT molecular complexity index is 1010. The first-order valence-electron chi connectivity index (χ1n) is 10.8. The van der Waals surface area contributed by atoms with Crippen LogP contribution >= 0.6 is 0 Å². The molecule has 1 atom stereocenters. The molecule has 0 aromatic heterocycles. The van der Waals surface area contributed by atoms with E-state index in [9.17, 15) is 17.6 Å². The van der Waals surface area contributed by atoms with Crippen LogP contribution in [0.2, 0.25) is 0 Å². The minimum absolute atomic E-state index is 0.0133. The number of carbonyl (C=O) groups is 1. The number of amides is 1. The molecule has 0 aliphatic carbocycles. The molecule has 0 saturated carbocycles. The zero-order chi connectivity index (χ0) is 22.6. The van der Waals surface area contributed by atoms with Crippen molar-refractivity contribution in [3.63, 3.8) is 0 Å². The van der Waals surface area contributed by atoms with Crippen molar-refractivity contribution in [3.05, 3.63) is 70.5 Å². The second-order valence-corrected chi connectivity index (χ2v) is 10.3. The van der Waals surface area contributed by atoms with Crippen LogP contribution in [0.4, 0.5) is 4.39 Å². The number of hydrogen-bond donors (Lipinski definition) is 1. The summed E-state index contributed by atoms with van der Waals surface area (Å²) in [5.41, 5.74) is 4.07. The first kappa shape index (κ1) is 23.4. The number of sulfonamides is 1. The molecule has 5 nitrogen and oxygen atoms in total. The molecular formula is C24H31FN2O3S. The Morgan fingerprint density at radius 2 is 1.74 bits per heavy atom. The molecular weight excluding hydrogens is 415 g/mol. The van der Waals surface area contributed by atoms with Gasteiger partial charge in [-0.3, -0.25) is 4.79 Å². The molecule has 1 unspecified atom stereocenters. The lowest BCUT2D eigenvalue weighted by atomic mass is 9.95. The summed E-state index contributed by atoms with van der Waals surface area (Å²) in [5.74, 6) is -0.757. The summed E-state index contributed by atoms with van der Waals surface area (Å²) in [6.45, 7) is 6.82. The first-order chi connectivity index (χ1) is 14.7. The summed E-state index contributed by atoms with van der Waals surface area (Å²) in [5, 5.41) is 3.16. The fraction of sp³-hybridized carbons (Fsp3) is 0.458. The Morgan fingerprint density at radius 1 is 1.10 bits per heavy atom. The molecule has 1 N–H and O–H groups in total. The van der Waals surface area contributed by atoms with Gasteiger partial charge in [-0.05, 0) is 67.5 Å². The number of nitrogens with zero attached hydrogens (tertiary/aromatic N) is 1. The average Bonchev–Trinajstić information content (AvgIpc) is 2.75. The molecule has 2 aromatic rings. The number of rotatable bonds is 7. The van der Waals surface area contributed by atoms with Crippen LogP contribution in [-0.2, 0) is 20.6 Å². The van der Waals surface area contributed by atoms with Crippen molar-refractivity contribution in [1.82, 2.24) is 9.62 Å². The van der Waals surface area contributed by atoms with Gasteiger partial charge in [0.05, 0.1) is 11.8 Å². The van der Waals surface area contributed by atoms with E-state index in [0.717, 1.165) is 12.0 Å². The predicted octanol–water partition coefficient (Wildman–Crippen LogP) is 4.25. The van der Waals surface area contributed by atoms with Gasteiger partial charge < -0.3 is 5.32 Å². The van der Waals surface area contributed by atoms with Gasteiger partial charge >= 0.3 is 0 Å². The molecule has 1 amide bonds. The lowest BCUT2D eigenvalue weighted by Crippen LogP contribution is -2.44. The SMILES string of the molecule is CCC(NC(=O)C1CCN(S(=O)(=O)Cc2ccc(F)cc2)CC1)c1ccc(C)c(C)c1. The average molecular weight is 447 g/mol. The number of nitrogens with one attached hydrogen (secondary N) is 1. The minimum Gasteiger partial charge on any atom is -0.349 e. The summed E-state index contributed by atoms with van der Waals surface area (Å²) < 4.78 is 39.9. The molecule has 2 aromatic carbocycles. The van der Waals surface area contributed by atoms with Crippen LogP contribution in [0.5, 0.6) is 0 Å². The van der Waals surface area contributed by atoms with Gasteiger partial charge in [0.1, 0.15) is 5.82 Å². The Balaban J connectivity index is 1.57. The van der Waals surface area contributed by atoms with Crippen LogP contribution < -0.4 is 5.32 Å². The van der Waals surface area contributed by atoms with Crippen LogP contribution in [0.3, 0.4) is 0 Å². The highest BCUT2D eigenvalue weighted by Gasteiger charge is 2.32. The minimum atomic E-state index is -3.50. The van der Waals surface area contributed by atoms with Gasteiger partial charge in [0.25, 0.3) is 0 Å². The van der Waals surface area contributed by atoms with E-state index < -0.39 is 10.0 Å². The molecule has 7 heteroatoms. The van der Waals surface area contributed by atoms with Crippen LogP contribution in [0.25, 0.3) is 0 Å². The van der Waals surface area contributed by atoms with Crippen molar-refractivity contribution in [2.45, 2.75) is 51.8 Å². The molecule has 1 heterocycles. The molecule has 1 aliphatic heterocycles. The third-order valence-corrected chi connectivity index (χ3v) is 7.99. The number of halogens is 1. The zero-order valence-corrected chi connectivity index (χ0v) is 19.2. The molecule has 3 rings (SSSR count). The van der Waals surface area contributed by atoms with Crippen molar-refractivity contribution in [3.8, 4) is 0 Å². The Labute approximate surface area is 184 Å². The van der Waals surface area contributed by atoms with Gasteiger partial charge in [-0.15, -0.1) is 0 Å². The fourth-order valence-electron chi connectivity index (χ4n) is 3.97. The second-order valence-electron chi connectivity index (χ2n) is 8.37. The summed E-state index contributed by atoms with van der Waals surface area (Å²) in [6.07, 6.45) is 1.79. The summed E-state index contributed by atoms with van der Waals surface area (Å²) in [4.78, 5) is 12.9. The molecule has 1 saturated heterocycles. The molecule has 0 bridgehead atoms. The van der Waals surface area contributed by atoms with Crippen molar-refractivity contribution >= 4 is 15.9 Å². The number of aryl methyl sites for hydroxylation is 2. The second kappa shape index (κ2) is 9.92. The lowest BCUT2D eigenvalue weighted by molar-refractivity contribution is -0.126. The Morgan fingerprint density at radius 3 is 2.32 bits per heavy atom. The maximum absolute atomic E-state index is 13.1. The van der Waals surface area contributed by atoms with Crippen molar-refractivity contribution in [2.75, 3.05) is 13.1 Å². The Kier molecular flexibility index (Phi) is 7.49. The summed E-state index contributed by atoms with van der Waals surface area (Å²) >= 11 is 0. The molecule has 0 spiro atoms. The topological polar surface area (TPSA) is 66.5 Å². The van der Waals surface area contributed by atoms with Gasteiger partial charge in [0, 0.05) is 19.0 Å². The van der Waals surface area contributed by atoms with Gasteiger partial charge in [-0.2, -0.15) is 0 Å². The first-order valence-corrected chi connectivity index (χ1v) is 12.4. The maximum Gasteiger partial charge on any atom is 0.223 e. The van der Waals surface area contributed by atoms with E-state index in [2.05, 4.69) is 37.4 Å². The van der Waals surface area contributed by atoms with Crippen LogP contribution in [0, 0.1) is 25.6 Å². The molecule has 168 valence electrons. The standard InChI is InChI=1S/C24H31FN2O3S/c1-4-23(21-8-5-17(2)18(3)15-21)26-24(28)20-11-13-27(14-12-20)31(29,30)16-19-6-9-22(25)10-7-19/h5-10,15,20,23H,4,11-14,16H2,1-3H3,(H,26,28).